The zero-order chi connectivity index (χ0) is 18.8. The third kappa shape index (κ3) is 3.49. The Morgan fingerprint density at radius 1 is 1.23 bits per heavy atom. The molecule has 3 rings (SSSR count). The molecule has 0 aliphatic carbocycles. The molecule has 2 atom stereocenters. The van der Waals surface area contributed by atoms with Crippen LogP contribution in [0.1, 0.15) is 40.4 Å². The maximum absolute atomic E-state index is 12.7. The number of H-pyrrole nitrogens is 1. The molecule has 0 bridgehead atoms. The molecule has 0 radical (unpaired) electrons. The first-order valence-corrected chi connectivity index (χ1v) is 8.95. The summed E-state index contributed by atoms with van der Waals surface area (Å²) >= 11 is 0. The molecule has 2 N–H and O–H groups in total. The van der Waals surface area contributed by atoms with E-state index in [1.165, 1.54) is 0 Å². The van der Waals surface area contributed by atoms with Gasteiger partial charge in [-0.25, -0.2) is 0 Å². The third-order valence-electron chi connectivity index (χ3n) is 5.51. The van der Waals surface area contributed by atoms with Gasteiger partial charge in [0.05, 0.1) is 11.6 Å². The topological polar surface area (TPSA) is 86.3 Å². The average molecular weight is 355 g/mol. The first-order valence-electron chi connectivity index (χ1n) is 8.95. The second kappa shape index (κ2) is 7.32. The van der Waals surface area contributed by atoms with Crippen LogP contribution in [0.2, 0.25) is 0 Å². The predicted octanol–water partition coefficient (Wildman–Crippen LogP) is 2.59. The fraction of sp³-hybridized carbons (Fsp3) is 0.450. The standard InChI is InChI=1S/C20H25N3O3/c1-12-6-4-5-7-15(12)16-10-23(11-17(16)20(25)26)19(24)9-8-18-13(2)14(3)21-22-18/h4-7,16-17H,8-11H2,1-3H3,(H,21,22)(H,25,26)/t16-,17+/m1/s1. The molecule has 1 aromatic heterocycles. The third-order valence-corrected chi connectivity index (χ3v) is 5.51. The number of benzene rings is 1. The van der Waals surface area contributed by atoms with Gasteiger partial charge in [0.25, 0.3) is 0 Å². The lowest BCUT2D eigenvalue weighted by atomic mass is 9.86. The van der Waals surface area contributed by atoms with Gasteiger partial charge < -0.3 is 10.0 Å². The summed E-state index contributed by atoms with van der Waals surface area (Å²) in [4.78, 5) is 26.1. The fourth-order valence-corrected chi connectivity index (χ4v) is 3.74. The van der Waals surface area contributed by atoms with Crippen LogP contribution in [0, 0.1) is 26.7 Å². The number of nitrogens with one attached hydrogen (secondary N) is 1. The summed E-state index contributed by atoms with van der Waals surface area (Å²) in [5, 5.41) is 16.8. The van der Waals surface area contributed by atoms with Crippen molar-refractivity contribution in [2.75, 3.05) is 13.1 Å². The highest BCUT2D eigenvalue weighted by atomic mass is 16.4. The summed E-state index contributed by atoms with van der Waals surface area (Å²) in [6, 6.07) is 7.83. The van der Waals surface area contributed by atoms with Crippen molar-refractivity contribution >= 4 is 11.9 Å². The van der Waals surface area contributed by atoms with Gasteiger partial charge in [-0.1, -0.05) is 24.3 Å². The fourth-order valence-electron chi connectivity index (χ4n) is 3.74. The lowest BCUT2D eigenvalue weighted by Gasteiger charge is -2.18. The largest absolute Gasteiger partial charge is 0.481 e. The molecule has 26 heavy (non-hydrogen) atoms. The van der Waals surface area contributed by atoms with E-state index < -0.39 is 11.9 Å². The molecular formula is C20H25N3O3. The van der Waals surface area contributed by atoms with E-state index in [-0.39, 0.29) is 18.4 Å². The monoisotopic (exact) mass is 355 g/mol. The van der Waals surface area contributed by atoms with E-state index in [0.29, 0.717) is 19.4 Å². The van der Waals surface area contributed by atoms with Crippen LogP contribution in [-0.4, -0.2) is 45.2 Å². The molecule has 1 fully saturated rings. The Balaban J connectivity index is 1.71. The predicted molar refractivity (Wildman–Crippen MR) is 98.0 cm³/mol. The number of carboxylic acids is 1. The number of rotatable bonds is 5. The number of nitrogens with zero attached hydrogens (tertiary/aromatic N) is 2. The molecule has 6 nitrogen and oxygen atoms in total. The minimum Gasteiger partial charge on any atom is -0.481 e. The average Bonchev–Trinajstić information content (AvgIpc) is 3.19. The molecule has 1 aliphatic heterocycles. The number of carbonyl (C=O) groups is 2. The summed E-state index contributed by atoms with van der Waals surface area (Å²) in [6.07, 6.45) is 0.913. The van der Waals surface area contributed by atoms with Gasteiger partial charge in [0, 0.05) is 37.5 Å². The van der Waals surface area contributed by atoms with Gasteiger partial charge in [-0.15, -0.1) is 0 Å². The van der Waals surface area contributed by atoms with Crippen LogP contribution in [0.25, 0.3) is 0 Å². The molecule has 0 unspecified atom stereocenters. The number of carbonyl (C=O) groups excluding carboxylic acids is 1. The summed E-state index contributed by atoms with van der Waals surface area (Å²) < 4.78 is 0. The number of hydrogen-bond donors (Lipinski definition) is 2. The van der Waals surface area contributed by atoms with Crippen LogP contribution in [-0.2, 0) is 16.0 Å². The zero-order valence-electron chi connectivity index (χ0n) is 15.5. The van der Waals surface area contributed by atoms with Crippen molar-refractivity contribution in [2.45, 2.75) is 39.5 Å². The number of hydrogen-bond acceptors (Lipinski definition) is 3. The molecule has 2 aromatic rings. The summed E-state index contributed by atoms with van der Waals surface area (Å²) in [7, 11) is 0. The van der Waals surface area contributed by atoms with E-state index in [1.807, 2.05) is 45.0 Å². The maximum atomic E-state index is 12.7. The van der Waals surface area contributed by atoms with E-state index in [9.17, 15) is 14.7 Å². The van der Waals surface area contributed by atoms with E-state index in [1.54, 1.807) is 4.90 Å². The SMILES string of the molecule is Cc1ccccc1[C@H]1CN(C(=O)CCc2n[nH]c(C)c2C)C[C@@H]1C(=O)O. The highest BCUT2D eigenvalue weighted by molar-refractivity contribution is 5.80. The Morgan fingerprint density at radius 3 is 2.58 bits per heavy atom. The molecule has 1 amide bonds. The zero-order valence-corrected chi connectivity index (χ0v) is 15.5. The number of amides is 1. The van der Waals surface area contributed by atoms with Crippen molar-refractivity contribution in [3.63, 3.8) is 0 Å². The van der Waals surface area contributed by atoms with Gasteiger partial charge in [-0.2, -0.15) is 5.10 Å². The van der Waals surface area contributed by atoms with Crippen molar-refractivity contribution in [2.24, 2.45) is 5.92 Å². The van der Waals surface area contributed by atoms with Crippen LogP contribution in [0.5, 0.6) is 0 Å². The molecule has 1 saturated heterocycles. The van der Waals surface area contributed by atoms with Crippen molar-refractivity contribution in [3.05, 3.63) is 52.3 Å². The van der Waals surface area contributed by atoms with Crippen LogP contribution >= 0.6 is 0 Å². The molecule has 1 aromatic carbocycles. The Morgan fingerprint density at radius 2 is 1.96 bits per heavy atom. The number of aryl methyl sites for hydroxylation is 3. The van der Waals surface area contributed by atoms with Gasteiger partial charge >= 0.3 is 5.97 Å². The molecular weight excluding hydrogens is 330 g/mol. The molecule has 1 aliphatic rings. The van der Waals surface area contributed by atoms with Gasteiger partial charge in [-0.05, 0) is 37.5 Å². The van der Waals surface area contributed by atoms with E-state index in [4.69, 9.17) is 0 Å². The summed E-state index contributed by atoms with van der Waals surface area (Å²) in [5.74, 6) is -1.57. The maximum Gasteiger partial charge on any atom is 0.308 e. The second-order valence-corrected chi connectivity index (χ2v) is 7.13. The Kier molecular flexibility index (Phi) is 5.11. The second-order valence-electron chi connectivity index (χ2n) is 7.13. The highest BCUT2D eigenvalue weighted by Crippen LogP contribution is 2.35. The first-order chi connectivity index (χ1) is 12.4. The number of aliphatic carboxylic acids is 1. The molecule has 2 heterocycles. The highest BCUT2D eigenvalue weighted by Gasteiger charge is 2.40. The van der Waals surface area contributed by atoms with E-state index >= 15 is 0 Å². The van der Waals surface area contributed by atoms with Crippen LogP contribution in [0.4, 0.5) is 0 Å². The van der Waals surface area contributed by atoms with Gasteiger partial charge in [-0.3, -0.25) is 14.7 Å². The quantitative estimate of drug-likeness (QED) is 0.863. The Bertz CT molecular complexity index is 827. The van der Waals surface area contributed by atoms with Crippen LogP contribution in [0.15, 0.2) is 24.3 Å². The molecule has 138 valence electrons. The number of carboxylic acid groups (broad SMARTS) is 1. The Hall–Kier alpha value is -2.63. The first kappa shape index (κ1) is 18.2. The van der Waals surface area contributed by atoms with Gasteiger partial charge in [0.15, 0.2) is 0 Å². The number of aromatic nitrogens is 2. The summed E-state index contributed by atoms with van der Waals surface area (Å²) in [5.41, 5.74) is 5.09. The normalized spacial score (nSPS) is 19.7. The van der Waals surface area contributed by atoms with Crippen LogP contribution in [0.3, 0.4) is 0 Å². The number of aromatic amines is 1. The van der Waals surface area contributed by atoms with Crippen molar-refractivity contribution in [1.82, 2.24) is 15.1 Å². The lowest BCUT2D eigenvalue weighted by Crippen LogP contribution is -2.30. The van der Waals surface area contributed by atoms with E-state index in [0.717, 1.165) is 28.1 Å². The molecule has 0 spiro atoms. The summed E-state index contributed by atoms with van der Waals surface area (Å²) in [6.45, 7) is 6.66. The molecule has 6 heteroatoms. The lowest BCUT2D eigenvalue weighted by molar-refractivity contribution is -0.141. The van der Waals surface area contributed by atoms with Gasteiger partial charge in [0.1, 0.15) is 0 Å². The van der Waals surface area contributed by atoms with Gasteiger partial charge in [0.2, 0.25) is 5.91 Å². The molecule has 0 saturated carbocycles. The van der Waals surface area contributed by atoms with Crippen molar-refractivity contribution in [1.29, 1.82) is 0 Å². The minimum absolute atomic E-state index is 0.00705. The van der Waals surface area contributed by atoms with Crippen molar-refractivity contribution in [3.8, 4) is 0 Å². The minimum atomic E-state index is -0.840. The van der Waals surface area contributed by atoms with E-state index in [2.05, 4.69) is 10.2 Å². The smallest absolute Gasteiger partial charge is 0.308 e. The number of likely N-dealkylation sites (tertiary alicyclic amines) is 1. The van der Waals surface area contributed by atoms with Crippen LogP contribution < -0.4 is 0 Å². The Labute approximate surface area is 153 Å². The van der Waals surface area contributed by atoms with Crippen molar-refractivity contribution < 1.29 is 14.7 Å².